The zero-order valence-corrected chi connectivity index (χ0v) is 17.7. The summed E-state index contributed by atoms with van der Waals surface area (Å²) in [6, 6.07) is 10.6. The molecule has 0 saturated carbocycles. The lowest BCUT2D eigenvalue weighted by molar-refractivity contribution is -0.242. The maximum atomic E-state index is 12.7. The Bertz CT molecular complexity index is 1060. The lowest BCUT2D eigenvalue weighted by Crippen LogP contribution is -2.52. The number of alkyl halides is 3. The van der Waals surface area contributed by atoms with E-state index in [4.69, 9.17) is 11.6 Å². The van der Waals surface area contributed by atoms with E-state index >= 15 is 0 Å². The molecule has 0 aliphatic rings. The van der Waals surface area contributed by atoms with E-state index in [-0.39, 0.29) is 10.7 Å². The van der Waals surface area contributed by atoms with Crippen LogP contribution < -0.4 is 10.0 Å². The standard InChI is InChI=1S/C18H16ClF3N2O4S2/c1-3-30(27,28)24-11-4-6-12(7-5-11)29-13-8-9-15(14(19)10-13)23-16(25)17(2,26)18(20,21)22/h3-10,24,26H,1H2,2H3,(H,23,25). The molecule has 0 fully saturated rings. The minimum atomic E-state index is -5.15. The van der Waals surface area contributed by atoms with Gasteiger partial charge in [-0.05, 0) is 49.4 Å². The van der Waals surface area contributed by atoms with E-state index < -0.39 is 27.7 Å². The van der Waals surface area contributed by atoms with Crippen LogP contribution >= 0.6 is 23.4 Å². The minimum absolute atomic E-state index is 0.0262. The van der Waals surface area contributed by atoms with Gasteiger partial charge in [0.05, 0.1) is 10.7 Å². The SMILES string of the molecule is C=CS(=O)(=O)Nc1ccc(Sc2ccc(NC(=O)C(C)(O)C(F)(F)F)c(Cl)c2)cc1. The van der Waals surface area contributed by atoms with Gasteiger partial charge >= 0.3 is 6.18 Å². The summed E-state index contributed by atoms with van der Waals surface area (Å²) in [5.41, 5.74) is -3.32. The van der Waals surface area contributed by atoms with Crippen LogP contribution in [0.15, 0.2) is 64.2 Å². The number of aliphatic hydroxyl groups is 1. The minimum Gasteiger partial charge on any atom is -0.373 e. The van der Waals surface area contributed by atoms with Gasteiger partial charge in [-0.3, -0.25) is 9.52 Å². The topological polar surface area (TPSA) is 95.5 Å². The van der Waals surface area contributed by atoms with E-state index in [1.807, 2.05) is 5.32 Å². The highest BCUT2D eigenvalue weighted by molar-refractivity contribution is 7.99. The molecule has 0 radical (unpaired) electrons. The number of carbonyl (C=O) groups is 1. The molecule has 0 bridgehead atoms. The van der Waals surface area contributed by atoms with Crippen LogP contribution in [0.4, 0.5) is 24.5 Å². The fraction of sp³-hybridized carbons (Fsp3) is 0.167. The number of sulfonamides is 1. The summed E-state index contributed by atoms with van der Waals surface area (Å²) >= 11 is 7.29. The number of halogens is 4. The monoisotopic (exact) mass is 480 g/mol. The van der Waals surface area contributed by atoms with Crippen molar-refractivity contribution in [3.8, 4) is 0 Å². The normalized spacial score (nSPS) is 13.9. The summed E-state index contributed by atoms with van der Waals surface area (Å²) in [5.74, 6) is -1.66. The van der Waals surface area contributed by atoms with Crippen LogP contribution in [-0.2, 0) is 14.8 Å². The van der Waals surface area contributed by atoms with E-state index in [9.17, 15) is 31.5 Å². The van der Waals surface area contributed by atoms with E-state index in [2.05, 4.69) is 11.3 Å². The van der Waals surface area contributed by atoms with Gasteiger partial charge in [-0.15, -0.1) is 0 Å². The van der Waals surface area contributed by atoms with Crippen molar-refractivity contribution in [3.63, 3.8) is 0 Å². The van der Waals surface area contributed by atoms with Crippen LogP contribution in [0.1, 0.15) is 6.92 Å². The largest absolute Gasteiger partial charge is 0.426 e. The average Bonchev–Trinajstić information content (AvgIpc) is 2.64. The number of nitrogens with one attached hydrogen (secondary N) is 2. The lowest BCUT2D eigenvalue weighted by Gasteiger charge is -2.25. The molecule has 0 aliphatic carbocycles. The molecular weight excluding hydrogens is 465 g/mol. The number of hydrogen-bond donors (Lipinski definition) is 3. The van der Waals surface area contributed by atoms with Gasteiger partial charge < -0.3 is 10.4 Å². The van der Waals surface area contributed by atoms with Crippen molar-refractivity contribution in [2.24, 2.45) is 0 Å². The van der Waals surface area contributed by atoms with Crippen molar-refractivity contribution >= 4 is 50.7 Å². The second-order valence-corrected chi connectivity index (χ2v) is 9.29. The zero-order valence-electron chi connectivity index (χ0n) is 15.3. The summed E-state index contributed by atoms with van der Waals surface area (Å²) in [6.07, 6.45) is -5.15. The Labute approximate surface area is 180 Å². The van der Waals surface area contributed by atoms with Crippen molar-refractivity contribution in [1.29, 1.82) is 0 Å². The molecule has 6 nitrogen and oxygen atoms in total. The first-order chi connectivity index (χ1) is 13.7. The molecule has 0 heterocycles. The fourth-order valence-electron chi connectivity index (χ4n) is 1.97. The summed E-state index contributed by atoms with van der Waals surface area (Å²) in [7, 11) is -3.62. The Morgan fingerprint density at radius 2 is 1.73 bits per heavy atom. The third-order valence-electron chi connectivity index (χ3n) is 3.75. The summed E-state index contributed by atoms with van der Waals surface area (Å²) in [5, 5.41) is 12.1. The van der Waals surface area contributed by atoms with Crippen molar-refractivity contribution < 1.29 is 31.5 Å². The summed E-state index contributed by atoms with van der Waals surface area (Å²) < 4.78 is 63.4. The molecule has 162 valence electrons. The van der Waals surface area contributed by atoms with Crippen molar-refractivity contribution in [2.45, 2.75) is 28.5 Å². The molecule has 0 saturated heterocycles. The van der Waals surface area contributed by atoms with Gasteiger partial charge in [0.2, 0.25) is 5.60 Å². The highest BCUT2D eigenvalue weighted by Crippen LogP contribution is 2.35. The van der Waals surface area contributed by atoms with Gasteiger partial charge in [0.15, 0.2) is 0 Å². The van der Waals surface area contributed by atoms with Gasteiger partial charge in [0.1, 0.15) is 0 Å². The van der Waals surface area contributed by atoms with E-state index in [1.165, 1.54) is 30.0 Å². The molecule has 30 heavy (non-hydrogen) atoms. The van der Waals surface area contributed by atoms with Crippen LogP contribution in [0.5, 0.6) is 0 Å². The Morgan fingerprint density at radius 1 is 1.17 bits per heavy atom. The quantitative estimate of drug-likeness (QED) is 0.537. The second-order valence-electron chi connectivity index (χ2n) is 6.11. The van der Waals surface area contributed by atoms with Crippen molar-refractivity contribution in [1.82, 2.24) is 0 Å². The fourth-order valence-corrected chi connectivity index (χ4v) is 3.66. The molecule has 3 N–H and O–H groups in total. The molecule has 2 rings (SSSR count). The van der Waals surface area contributed by atoms with Crippen LogP contribution in [0.2, 0.25) is 5.02 Å². The zero-order chi connectivity index (χ0) is 22.7. The van der Waals surface area contributed by atoms with Gasteiger partial charge in [-0.1, -0.05) is 29.9 Å². The Balaban J connectivity index is 2.11. The van der Waals surface area contributed by atoms with E-state index in [1.54, 1.807) is 24.3 Å². The third kappa shape index (κ3) is 5.91. The van der Waals surface area contributed by atoms with Crippen molar-refractivity contribution in [2.75, 3.05) is 10.0 Å². The predicted molar refractivity (Wildman–Crippen MR) is 110 cm³/mol. The number of amides is 1. The van der Waals surface area contributed by atoms with Gasteiger partial charge in [-0.2, -0.15) is 13.2 Å². The Hall–Kier alpha value is -2.21. The summed E-state index contributed by atoms with van der Waals surface area (Å²) in [6.45, 7) is 3.54. The first-order valence-corrected chi connectivity index (χ1v) is 10.8. The molecule has 2 aromatic rings. The molecule has 2 aromatic carbocycles. The molecule has 1 amide bonds. The highest BCUT2D eigenvalue weighted by atomic mass is 35.5. The molecule has 0 aromatic heterocycles. The van der Waals surface area contributed by atoms with Crippen LogP contribution in [0.25, 0.3) is 0 Å². The molecule has 0 spiro atoms. The van der Waals surface area contributed by atoms with Crippen LogP contribution in [0.3, 0.4) is 0 Å². The smallest absolute Gasteiger partial charge is 0.373 e. The average molecular weight is 481 g/mol. The summed E-state index contributed by atoms with van der Waals surface area (Å²) in [4.78, 5) is 13.1. The highest BCUT2D eigenvalue weighted by Gasteiger charge is 2.55. The Kier molecular flexibility index (Phi) is 7.12. The number of benzene rings is 2. The molecule has 12 heteroatoms. The second kappa shape index (κ2) is 8.88. The Morgan fingerprint density at radius 3 is 2.23 bits per heavy atom. The van der Waals surface area contributed by atoms with Gasteiger partial charge in [0, 0.05) is 20.9 Å². The number of anilines is 2. The maximum Gasteiger partial charge on any atom is 0.426 e. The van der Waals surface area contributed by atoms with Gasteiger partial charge in [0.25, 0.3) is 15.9 Å². The molecule has 1 atom stereocenters. The van der Waals surface area contributed by atoms with E-state index in [0.717, 1.165) is 10.3 Å². The third-order valence-corrected chi connectivity index (χ3v) is 6.02. The lowest BCUT2D eigenvalue weighted by atomic mass is 10.1. The van der Waals surface area contributed by atoms with Crippen LogP contribution in [-0.4, -0.2) is 31.2 Å². The molecule has 0 aliphatic heterocycles. The molecular formula is C18H16ClF3N2O4S2. The van der Waals surface area contributed by atoms with E-state index in [0.29, 0.717) is 17.5 Å². The number of carbonyl (C=O) groups excluding carboxylic acids is 1. The van der Waals surface area contributed by atoms with Gasteiger partial charge in [-0.25, -0.2) is 8.42 Å². The maximum absolute atomic E-state index is 12.7. The van der Waals surface area contributed by atoms with Crippen molar-refractivity contribution in [3.05, 3.63) is 59.5 Å². The van der Waals surface area contributed by atoms with Crippen LogP contribution in [0, 0.1) is 0 Å². The first kappa shape index (κ1) is 24.1. The first-order valence-electron chi connectivity index (χ1n) is 8.08. The number of rotatable bonds is 7. The predicted octanol–water partition coefficient (Wildman–Crippen LogP) is 4.63. The number of hydrogen-bond acceptors (Lipinski definition) is 5. The molecule has 1 unspecified atom stereocenters.